The normalized spacial score (nSPS) is 19.2. The van der Waals surface area contributed by atoms with Crippen LogP contribution in [0.1, 0.15) is 26.3 Å². The third-order valence-electron chi connectivity index (χ3n) is 3.60. The van der Waals surface area contributed by atoms with Crippen LogP contribution in [0.5, 0.6) is 0 Å². The number of nitrogens with zero attached hydrogens (tertiary/aromatic N) is 3. The molecule has 1 aliphatic heterocycles. The lowest BCUT2D eigenvalue weighted by molar-refractivity contribution is -0.145. The summed E-state index contributed by atoms with van der Waals surface area (Å²) in [7, 11) is 0. The summed E-state index contributed by atoms with van der Waals surface area (Å²) in [5, 5.41) is 9.52. The summed E-state index contributed by atoms with van der Waals surface area (Å²) in [4.78, 5) is 31.2. The lowest BCUT2D eigenvalue weighted by atomic mass is 10.1. The molecule has 7 nitrogen and oxygen atoms in total. The fraction of sp³-hybridized carbons (Fsp3) is 0.562. The van der Waals surface area contributed by atoms with Crippen LogP contribution in [-0.4, -0.2) is 63.2 Å². The van der Waals surface area contributed by atoms with Crippen molar-refractivity contribution in [2.45, 2.75) is 39.0 Å². The SMILES string of the molecule is CC(C)(C)OC(=O)N1CCN(Cc2ccc(Br)nc2)[C@@H](C(=O)O)C1. The molecule has 1 atom stereocenters. The number of halogens is 1. The first-order valence-electron chi connectivity index (χ1n) is 7.71. The Morgan fingerprint density at radius 2 is 2.08 bits per heavy atom. The molecule has 1 aliphatic rings. The van der Waals surface area contributed by atoms with Gasteiger partial charge in [-0.25, -0.2) is 9.78 Å². The Morgan fingerprint density at radius 1 is 1.38 bits per heavy atom. The largest absolute Gasteiger partial charge is 0.480 e. The van der Waals surface area contributed by atoms with Gasteiger partial charge in [0.15, 0.2) is 0 Å². The fourth-order valence-corrected chi connectivity index (χ4v) is 2.71. The summed E-state index contributed by atoms with van der Waals surface area (Å²) >= 11 is 3.28. The highest BCUT2D eigenvalue weighted by molar-refractivity contribution is 9.10. The first-order chi connectivity index (χ1) is 11.2. The van der Waals surface area contributed by atoms with E-state index in [0.717, 1.165) is 10.2 Å². The van der Waals surface area contributed by atoms with Crippen LogP contribution in [0.25, 0.3) is 0 Å². The van der Waals surface area contributed by atoms with Gasteiger partial charge in [-0.1, -0.05) is 6.07 Å². The molecule has 0 radical (unpaired) electrons. The molecule has 0 saturated carbocycles. The van der Waals surface area contributed by atoms with Crippen LogP contribution < -0.4 is 0 Å². The molecule has 0 spiro atoms. The number of pyridine rings is 1. The number of hydrogen-bond donors (Lipinski definition) is 1. The number of aliphatic carboxylic acids is 1. The van der Waals surface area contributed by atoms with E-state index in [1.54, 1.807) is 27.0 Å². The first kappa shape index (κ1) is 18.7. The van der Waals surface area contributed by atoms with Crippen LogP contribution in [0.2, 0.25) is 0 Å². The number of carboxylic acids is 1. The number of ether oxygens (including phenoxy) is 1. The van der Waals surface area contributed by atoms with E-state index in [2.05, 4.69) is 20.9 Å². The Labute approximate surface area is 149 Å². The molecule has 1 aromatic heterocycles. The van der Waals surface area contributed by atoms with E-state index in [0.29, 0.717) is 19.6 Å². The van der Waals surface area contributed by atoms with Gasteiger partial charge in [-0.2, -0.15) is 0 Å². The molecule has 0 bridgehead atoms. The fourth-order valence-electron chi connectivity index (χ4n) is 2.47. The first-order valence-corrected chi connectivity index (χ1v) is 8.50. The van der Waals surface area contributed by atoms with Crippen LogP contribution in [0.3, 0.4) is 0 Å². The highest BCUT2D eigenvalue weighted by Gasteiger charge is 2.35. The van der Waals surface area contributed by atoms with Crippen molar-refractivity contribution in [2.24, 2.45) is 0 Å². The molecule has 1 aromatic rings. The van der Waals surface area contributed by atoms with Gasteiger partial charge in [0.25, 0.3) is 0 Å². The predicted octanol–water partition coefficient (Wildman–Crippen LogP) is 2.35. The van der Waals surface area contributed by atoms with E-state index in [1.165, 1.54) is 4.90 Å². The smallest absolute Gasteiger partial charge is 0.410 e. The molecule has 0 unspecified atom stereocenters. The van der Waals surface area contributed by atoms with E-state index in [1.807, 2.05) is 17.0 Å². The lowest BCUT2D eigenvalue weighted by Crippen LogP contribution is -2.57. The van der Waals surface area contributed by atoms with E-state index < -0.39 is 23.7 Å². The highest BCUT2D eigenvalue weighted by atomic mass is 79.9. The molecule has 2 heterocycles. The van der Waals surface area contributed by atoms with Gasteiger partial charge in [-0.3, -0.25) is 9.69 Å². The van der Waals surface area contributed by atoms with Crippen LogP contribution in [-0.2, 0) is 16.1 Å². The molecule has 24 heavy (non-hydrogen) atoms. The molecular weight excluding hydrogens is 378 g/mol. The standard InChI is InChI=1S/C16H22BrN3O4/c1-16(2,3)24-15(23)20-7-6-19(12(10-20)14(21)22)9-11-4-5-13(17)18-8-11/h4-5,8,12H,6-7,9-10H2,1-3H3,(H,21,22)/t12-/m1/s1. The van der Waals surface area contributed by atoms with E-state index in [9.17, 15) is 14.7 Å². The number of piperazine rings is 1. The molecule has 0 aromatic carbocycles. The van der Waals surface area contributed by atoms with Crippen molar-refractivity contribution in [2.75, 3.05) is 19.6 Å². The molecule has 0 aliphatic carbocycles. The second-order valence-electron chi connectivity index (χ2n) is 6.74. The zero-order valence-corrected chi connectivity index (χ0v) is 15.6. The van der Waals surface area contributed by atoms with Gasteiger partial charge >= 0.3 is 12.1 Å². The minimum atomic E-state index is -0.951. The topological polar surface area (TPSA) is 83.0 Å². The number of carbonyl (C=O) groups is 2. The van der Waals surface area contributed by atoms with Gasteiger partial charge in [0.05, 0.1) is 6.54 Å². The van der Waals surface area contributed by atoms with Gasteiger partial charge in [0, 0.05) is 25.8 Å². The number of amides is 1. The van der Waals surface area contributed by atoms with Gasteiger partial charge in [-0.05, 0) is 48.3 Å². The zero-order valence-electron chi connectivity index (χ0n) is 14.0. The summed E-state index contributed by atoms with van der Waals surface area (Å²) in [6.45, 7) is 6.84. The number of hydrogen-bond acceptors (Lipinski definition) is 5. The van der Waals surface area contributed by atoms with Crippen molar-refractivity contribution in [3.8, 4) is 0 Å². The Morgan fingerprint density at radius 3 is 2.62 bits per heavy atom. The zero-order chi connectivity index (χ0) is 17.9. The molecule has 1 saturated heterocycles. The predicted molar refractivity (Wildman–Crippen MR) is 91.6 cm³/mol. The summed E-state index contributed by atoms with van der Waals surface area (Å²) < 4.78 is 6.06. The van der Waals surface area contributed by atoms with Crippen molar-refractivity contribution in [1.82, 2.24) is 14.8 Å². The second kappa shape index (κ2) is 7.48. The minimum absolute atomic E-state index is 0.105. The molecule has 1 amide bonds. The third kappa shape index (κ3) is 5.17. The molecule has 1 fully saturated rings. The number of rotatable bonds is 3. The summed E-state index contributed by atoms with van der Waals surface area (Å²) in [6.07, 6.45) is 1.24. The van der Waals surface area contributed by atoms with Gasteiger partial charge in [-0.15, -0.1) is 0 Å². The lowest BCUT2D eigenvalue weighted by Gasteiger charge is -2.39. The molecule has 1 N–H and O–H groups in total. The molecule has 132 valence electrons. The number of carboxylic acid groups (broad SMARTS) is 1. The second-order valence-corrected chi connectivity index (χ2v) is 7.55. The Kier molecular flexibility index (Phi) is 5.82. The van der Waals surface area contributed by atoms with Crippen LogP contribution in [0.15, 0.2) is 22.9 Å². The van der Waals surface area contributed by atoms with Crippen molar-refractivity contribution in [1.29, 1.82) is 0 Å². The van der Waals surface area contributed by atoms with Crippen LogP contribution >= 0.6 is 15.9 Å². The quantitative estimate of drug-likeness (QED) is 0.785. The highest BCUT2D eigenvalue weighted by Crippen LogP contribution is 2.18. The maximum atomic E-state index is 12.2. The van der Waals surface area contributed by atoms with Crippen molar-refractivity contribution >= 4 is 28.0 Å². The molecular formula is C16H22BrN3O4. The monoisotopic (exact) mass is 399 g/mol. The van der Waals surface area contributed by atoms with Crippen LogP contribution in [0, 0.1) is 0 Å². The maximum absolute atomic E-state index is 12.2. The van der Waals surface area contributed by atoms with E-state index in [4.69, 9.17) is 4.74 Å². The molecule has 8 heteroatoms. The van der Waals surface area contributed by atoms with E-state index in [-0.39, 0.29) is 6.54 Å². The minimum Gasteiger partial charge on any atom is -0.480 e. The Balaban J connectivity index is 2.04. The van der Waals surface area contributed by atoms with Gasteiger partial charge in [0.2, 0.25) is 0 Å². The molecule has 2 rings (SSSR count). The van der Waals surface area contributed by atoms with E-state index >= 15 is 0 Å². The average molecular weight is 400 g/mol. The summed E-state index contributed by atoms with van der Waals surface area (Å²) in [5.74, 6) is -0.951. The Hall–Kier alpha value is -1.67. The van der Waals surface area contributed by atoms with Crippen molar-refractivity contribution < 1.29 is 19.4 Å². The van der Waals surface area contributed by atoms with Crippen molar-refractivity contribution in [3.63, 3.8) is 0 Å². The maximum Gasteiger partial charge on any atom is 0.410 e. The summed E-state index contributed by atoms with van der Waals surface area (Å²) in [6, 6.07) is 2.95. The van der Waals surface area contributed by atoms with Crippen LogP contribution in [0.4, 0.5) is 4.79 Å². The number of aromatic nitrogens is 1. The average Bonchev–Trinajstić information content (AvgIpc) is 2.48. The summed E-state index contributed by atoms with van der Waals surface area (Å²) in [5.41, 5.74) is 0.325. The third-order valence-corrected chi connectivity index (χ3v) is 4.07. The number of carbonyl (C=O) groups excluding carboxylic acids is 1. The van der Waals surface area contributed by atoms with Crippen molar-refractivity contribution in [3.05, 3.63) is 28.5 Å². The van der Waals surface area contributed by atoms with Gasteiger partial charge in [0.1, 0.15) is 16.2 Å². The Bertz CT molecular complexity index is 600. The van der Waals surface area contributed by atoms with Gasteiger partial charge < -0.3 is 14.7 Å².